The molecule has 0 aromatic carbocycles. The molecule has 4 heterocycles. The van der Waals surface area contributed by atoms with Gasteiger partial charge in [-0.2, -0.15) is 11.3 Å². The van der Waals surface area contributed by atoms with E-state index >= 15 is 0 Å². The fraction of sp³-hybridized carbons (Fsp3) is 0.320. The van der Waals surface area contributed by atoms with Crippen LogP contribution in [0.3, 0.4) is 0 Å². The standard InChI is InChI=1S/C25H27N3O3S/c1-15-10-16(2)27-25(30)22(15)12-26-24(29)21-11-20-6-5-8-28(20)23(17(21)3)18(4)31-13-19-7-9-32-14-19/h5-11,14,18,22H,12-13H2,1-4H3,(H,26,29). The number of dihydropyridines is 1. The normalized spacial score (nSPS) is 17.2. The minimum absolute atomic E-state index is 0.204. The fourth-order valence-corrected chi connectivity index (χ4v) is 4.82. The van der Waals surface area contributed by atoms with E-state index in [4.69, 9.17) is 4.74 Å². The van der Waals surface area contributed by atoms with Crippen molar-refractivity contribution in [2.24, 2.45) is 10.9 Å². The number of fused-ring (bicyclic) bond motifs is 1. The van der Waals surface area contributed by atoms with Crippen molar-refractivity contribution in [3.63, 3.8) is 0 Å². The second-order valence-electron chi connectivity index (χ2n) is 8.20. The zero-order valence-corrected chi connectivity index (χ0v) is 19.5. The number of carbonyl (C=O) groups is 2. The summed E-state index contributed by atoms with van der Waals surface area (Å²) in [6, 6.07) is 7.86. The van der Waals surface area contributed by atoms with Gasteiger partial charge in [-0.3, -0.25) is 9.59 Å². The Morgan fingerprint density at radius 3 is 2.84 bits per heavy atom. The van der Waals surface area contributed by atoms with Crippen LogP contribution in [0.15, 0.2) is 57.9 Å². The van der Waals surface area contributed by atoms with Crippen molar-refractivity contribution in [2.45, 2.75) is 40.4 Å². The highest BCUT2D eigenvalue weighted by molar-refractivity contribution is 7.07. The molecule has 6 nitrogen and oxygen atoms in total. The minimum atomic E-state index is -0.424. The molecule has 7 heteroatoms. The molecule has 0 fully saturated rings. The van der Waals surface area contributed by atoms with Crippen LogP contribution in [-0.2, 0) is 16.1 Å². The first kappa shape index (κ1) is 22.2. The van der Waals surface area contributed by atoms with E-state index in [-0.39, 0.29) is 24.5 Å². The largest absolute Gasteiger partial charge is 0.368 e. The number of amides is 2. The van der Waals surface area contributed by atoms with Gasteiger partial charge in [-0.05, 0) is 79.9 Å². The van der Waals surface area contributed by atoms with E-state index in [1.807, 2.05) is 62.7 Å². The smallest absolute Gasteiger partial charge is 0.254 e. The van der Waals surface area contributed by atoms with Gasteiger partial charge < -0.3 is 14.5 Å². The van der Waals surface area contributed by atoms with Crippen molar-refractivity contribution < 1.29 is 14.3 Å². The molecule has 0 bridgehead atoms. The Balaban J connectivity index is 1.56. The predicted octanol–water partition coefficient (Wildman–Crippen LogP) is 4.88. The summed E-state index contributed by atoms with van der Waals surface area (Å²) in [7, 11) is 0. The van der Waals surface area contributed by atoms with Gasteiger partial charge in [0.25, 0.3) is 11.8 Å². The van der Waals surface area contributed by atoms with Crippen molar-refractivity contribution in [3.05, 3.63) is 75.3 Å². The molecule has 3 aromatic rings. The summed E-state index contributed by atoms with van der Waals surface area (Å²) in [6.45, 7) is 8.38. The zero-order valence-electron chi connectivity index (χ0n) is 18.7. The Morgan fingerprint density at radius 2 is 2.12 bits per heavy atom. The van der Waals surface area contributed by atoms with E-state index in [0.717, 1.165) is 27.9 Å². The van der Waals surface area contributed by atoms with Gasteiger partial charge in [0, 0.05) is 29.5 Å². The van der Waals surface area contributed by atoms with Crippen molar-refractivity contribution >= 4 is 34.4 Å². The average molecular weight is 450 g/mol. The maximum Gasteiger partial charge on any atom is 0.254 e. The van der Waals surface area contributed by atoms with Crippen molar-refractivity contribution in [2.75, 3.05) is 6.54 Å². The average Bonchev–Trinajstić information content (AvgIpc) is 3.42. The third-order valence-electron chi connectivity index (χ3n) is 5.87. The van der Waals surface area contributed by atoms with Crippen molar-refractivity contribution in [1.82, 2.24) is 9.72 Å². The molecule has 0 saturated carbocycles. The van der Waals surface area contributed by atoms with Gasteiger partial charge in [0.1, 0.15) is 0 Å². The summed E-state index contributed by atoms with van der Waals surface area (Å²) in [4.78, 5) is 29.5. The quantitative estimate of drug-likeness (QED) is 0.559. The molecular formula is C25H27N3O3S. The Labute approximate surface area is 191 Å². The van der Waals surface area contributed by atoms with Crippen LogP contribution in [0.4, 0.5) is 0 Å². The third-order valence-corrected chi connectivity index (χ3v) is 6.60. The first-order valence-electron chi connectivity index (χ1n) is 10.6. The highest BCUT2D eigenvalue weighted by Crippen LogP contribution is 2.28. The molecule has 3 aromatic heterocycles. The number of rotatable bonds is 7. The Morgan fingerprint density at radius 1 is 1.31 bits per heavy atom. The lowest BCUT2D eigenvalue weighted by molar-refractivity contribution is -0.120. The monoisotopic (exact) mass is 449 g/mol. The van der Waals surface area contributed by atoms with Crippen molar-refractivity contribution in [1.29, 1.82) is 0 Å². The van der Waals surface area contributed by atoms with Crippen LogP contribution in [0, 0.1) is 12.8 Å². The number of aromatic nitrogens is 1. The first-order valence-corrected chi connectivity index (χ1v) is 11.6. The van der Waals surface area contributed by atoms with E-state index in [2.05, 4.69) is 20.1 Å². The van der Waals surface area contributed by atoms with Crippen LogP contribution < -0.4 is 5.32 Å². The van der Waals surface area contributed by atoms with Gasteiger partial charge in [0.15, 0.2) is 0 Å². The molecule has 4 rings (SSSR count). The molecule has 0 radical (unpaired) electrons. The highest BCUT2D eigenvalue weighted by atomic mass is 32.1. The topological polar surface area (TPSA) is 72.2 Å². The Kier molecular flexibility index (Phi) is 6.39. The first-order chi connectivity index (χ1) is 15.3. The van der Waals surface area contributed by atoms with Gasteiger partial charge >= 0.3 is 0 Å². The maximum absolute atomic E-state index is 13.1. The number of aliphatic imine (C=N–C) groups is 1. The van der Waals surface area contributed by atoms with Gasteiger partial charge in [0.05, 0.1) is 24.3 Å². The molecule has 2 unspecified atom stereocenters. The minimum Gasteiger partial charge on any atom is -0.368 e. The number of carbonyl (C=O) groups excluding carboxylic acids is 2. The highest BCUT2D eigenvalue weighted by Gasteiger charge is 2.25. The van der Waals surface area contributed by atoms with Crippen LogP contribution in [0.25, 0.3) is 5.52 Å². The van der Waals surface area contributed by atoms with Crippen LogP contribution in [0.2, 0.25) is 0 Å². The van der Waals surface area contributed by atoms with Gasteiger partial charge in [-0.1, -0.05) is 5.57 Å². The van der Waals surface area contributed by atoms with Gasteiger partial charge in [0.2, 0.25) is 0 Å². The summed E-state index contributed by atoms with van der Waals surface area (Å²) >= 11 is 1.64. The van der Waals surface area contributed by atoms with E-state index in [1.165, 1.54) is 0 Å². The summed E-state index contributed by atoms with van der Waals surface area (Å²) in [6.07, 6.45) is 3.67. The van der Waals surface area contributed by atoms with Gasteiger partial charge in [-0.25, -0.2) is 4.99 Å². The molecular weight excluding hydrogens is 422 g/mol. The molecule has 1 aliphatic heterocycles. The lowest BCUT2D eigenvalue weighted by Gasteiger charge is -2.22. The van der Waals surface area contributed by atoms with E-state index < -0.39 is 5.92 Å². The summed E-state index contributed by atoms with van der Waals surface area (Å²) in [5.74, 6) is -0.839. The second kappa shape index (κ2) is 9.22. The maximum atomic E-state index is 13.1. The van der Waals surface area contributed by atoms with Crippen LogP contribution in [0.1, 0.15) is 54.1 Å². The third kappa shape index (κ3) is 4.45. The molecule has 166 valence electrons. The Bertz CT molecular complexity index is 1220. The van der Waals surface area contributed by atoms with E-state index in [9.17, 15) is 9.59 Å². The molecule has 2 atom stereocenters. The molecule has 0 spiro atoms. The number of pyridine rings is 1. The number of nitrogens with one attached hydrogen (secondary N) is 1. The van der Waals surface area contributed by atoms with Crippen LogP contribution in [-0.4, -0.2) is 28.5 Å². The SMILES string of the molecule is CC1=CC(C)=NC(=O)C1CNC(=O)c1cc2cccn2c(C(C)OCc2ccsc2)c1C. The number of allylic oxidation sites excluding steroid dienone is 1. The number of hydrogen-bond donors (Lipinski definition) is 1. The zero-order chi connectivity index (χ0) is 22.8. The van der Waals surface area contributed by atoms with E-state index in [0.29, 0.717) is 17.9 Å². The predicted molar refractivity (Wildman–Crippen MR) is 127 cm³/mol. The lowest BCUT2D eigenvalue weighted by Crippen LogP contribution is -2.35. The fourth-order valence-electron chi connectivity index (χ4n) is 4.16. The molecule has 0 saturated heterocycles. The number of hydrogen-bond acceptors (Lipinski definition) is 4. The molecule has 1 N–H and O–H groups in total. The van der Waals surface area contributed by atoms with Crippen LogP contribution >= 0.6 is 11.3 Å². The lowest BCUT2D eigenvalue weighted by atomic mass is 9.95. The molecule has 2 amide bonds. The molecule has 1 aliphatic rings. The van der Waals surface area contributed by atoms with Crippen molar-refractivity contribution in [3.8, 4) is 0 Å². The summed E-state index contributed by atoms with van der Waals surface area (Å²) in [5.41, 5.74) is 6.06. The van der Waals surface area contributed by atoms with E-state index in [1.54, 1.807) is 18.3 Å². The Hall–Kier alpha value is -3.03. The number of thiophene rings is 1. The second-order valence-corrected chi connectivity index (χ2v) is 8.98. The van der Waals surface area contributed by atoms with Crippen LogP contribution in [0.5, 0.6) is 0 Å². The summed E-state index contributed by atoms with van der Waals surface area (Å²) < 4.78 is 8.21. The number of ether oxygens (including phenoxy) is 1. The summed E-state index contributed by atoms with van der Waals surface area (Å²) in [5, 5.41) is 7.05. The molecule has 0 aliphatic carbocycles. The number of nitrogens with zero attached hydrogens (tertiary/aromatic N) is 2. The van der Waals surface area contributed by atoms with Gasteiger partial charge in [-0.15, -0.1) is 0 Å². The molecule has 32 heavy (non-hydrogen) atoms.